The van der Waals surface area contributed by atoms with Gasteiger partial charge in [0, 0.05) is 49.7 Å². The highest BCUT2D eigenvalue weighted by Gasteiger charge is 2.54. The molecule has 2 bridgehead atoms. The van der Waals surface area contributed by atoms with Crippen LogP contribution in [-0.4, -0.2) is 78.4 Å². The Bertz CT molecular complexity index is 2010. The molecule has 2 aromatic carbocycles. The van der Waals surface area contributed by atoms with Crippen LogP contribution in [0.25, 0.3) is 11.0 Å². The number of benzene rings is 2. The number of hydrogen-bond acceptors (Lipinski definition) is 10. The lowest BCUT2D eigenvalue weighted by molar-refractivity contribution is -0.384. The van der Waals surface area contributed by atoms with Crippen LogP contribution < -0.4 is 19.7 Å². The van der Waals surface area contributed by atoms with Crippen LogP contribution in [0.4, 0.5) is 31.5 Å². The molecule has 4 aromatic rings. The third-order valence-electron chi connectivity index (χ3n) is 9.24. The molecule has 48 heavy (non-hydrogen) atoms. The summed E-state index contributed by atoms with van der Waals surface area (Å²) in [4.78, 5) is 35.6. The van der Waals surface area contributed by atoms with Crippen molar-refractivity contribution >= 4 is 49.7 Å². The zero-order valence-electron chi connectivity index (χ0n) is 25.7. The first-order chi connectivity index (χ1) is 23.0. The van der Waals surface area contributed by atoms with Crippen molar-refractivity contribution in [3.05, 3.63) is 76.5 Å². The molecule has 16 heteroatoms. The number of alkyl halides is 2. The number of anilines is 3. The SMILES string of the molecule is O=C(NS(=O)(=O)c1ccc(NCCN2C3CCCC2C(F)(F)C3)c([N+](=O)[O-])c1)c1ccccc1N1CCCOc2nc3[nH]ccc3cc21. The number of rotatable bonds is 9. The highest BCUT2D eigenvalue weighted by molar-refractivity contribution is 7.90. The summed E-state index contributed by atoms with van der Waals surface area (Å²) < 4.78 is 63.6. The first kappa shape index (κ1) is 31.8. The second kappa shape index (κ2) is 12.3. The van der Waals surface area contributed by atoms with Crippen molar-refractivity contribution in [3.8, 4) is 5.88 Å². The molecule has 3 aliphatic rings. The van der Waals surface area contributed by atoms with Gasteiger partial charge in [0.05, 0.1) is 33.7 Å². The van der Waals surface area contributed by atoms with E-state index in [9.17, 15) is 32.1 Å². The highest BCUT2D eigenvalue weighted by Crippen LogP contribution is 2.45. The Balaban J connectivity index is 1.10. The molecule has 2 unspecified atom stereocenters. The van der Waals surface area contributed by atoms with Gasteiger partial charge in [0.1, 0.15) is 17.0 Å². The molecular weight excluding hydrogens is 648 g/mol. The maximum absolute atomic E-state index is 14.4. The van der Waals surface area contributed by atoms with Gasteiger partial charge in [-0.2, -0.15) is 4.98 Å². The quantitative estimate of drug-likeness (QED) is 0.158. The van der Waals surface area contributed by atoms with Crippen molar-refractivity contribution in [2.24, 2.45) is 0 Å². The number of nitro benzene ring substituents is 1. The number of sulfonamides is 1. The third kappa shape index (κ3) is 5.89. The Kier molecular flexibility index (Phi) is 8.15. The molecule has 2 aromatic heterocycles. The van der Waals surface area contributed by atoms with E-state index in [0.717, 1.165) is 23.9 Å². The van der Waals surface area contributed by atoms with Gasteiger partial charge in [-0.05, 0) is 55.7 Å². The molecule has 0 radical (unpaired) electrons. The molecule has 2 saturated heterocycles. The number of piperidine rings is 1. The predicted octanol–water partition coefficient (Wildman–Crippen LogP) is 5.18. The summed E-state index contributed by atoms with van der Waals surface area (Å²) in [6.07, 6.45) is 4.00. The van der Waals surface area contributed by atoms with E-state index in [2.05, 4.69) is 20.0 Å². The van der Waals surface area contributed by atoms with Crippen molar-refractivity contribution in [2.75, 3.05) is 36.5 Å². The van der Waals surface area contributed by atoms with Crippen molar-refractivity contribution in [3.63, 3.8) is 0 Å². The van der Waals surface area contributed by atoms with E-state index >= 15 is 0 Å². The maximum atomic E-state index is 14.4. The number of H-pyrrole nitrogens is 1. The lowest BCUT2D eigenvalue weighted by Gasteiger charge is -2.34. The monoisotopic (exact) mass is 681 g/mol. The number of halogens is 2. The van der Waals surface area contributed by atoms with Crippen LogP contribution in [0.2, 0.25) is 0 Å². The maximum Gasteiger partial charge on any atom is 0.293 e. The summed E-state index contributed by atoms with van der Waals surface area (Å²) in [6, 6.07) is 12.5. The van der Waals surface area contributed by atoms with Crippen LogP contribution in [0.5, 0.6) is 5.88 Å². The van der Waals surface area contributed by atoms with Gasteiger partial charge < -0.3 is 19.9 Å². The summed E-state index contributed by atoms with van der Waals surface area (Å²) in [6.45, 7) is 1.27. The van der Waals surface area contributed by atoms with Crippen LogP contribution >= 0.6 is 0 Å². The number of fused-ring (bicyclic) bond motifs is 4. The molecule has 3 N–H and O–H groups in total. The van der Waals surface area contributed by atoms with E-state index in [1.54, 1.807) is 29.3 Å². The van der Waals surface area contributed by atoms with Crippen molar-refractivity contribution < 1.29 is 31.7 Å². The molecule has 0 aliphatic carbocycles. The van der Waals surface area contributed by atoms with Crippen LogP contribution in [0.3, 0.4) is 0 Å². The van der Waals surface area contributed by atoms with E-state index in [-0.39, 0.29) is 36.8 Å². The van der Waals surface area contributed by atoms with Crippen molar-refractivity contribution in [1.29, 1.82) is 0 Å². The number of ether oxygens (including phenoxy) is 1. The highest BCUT2D eigenvalue weighted by atomic mass is 32.2. The van der Waals surface area contributed by atoms with E-state index in [1.165, 1.54) is 12.1 Å². The Morgan fingerprint density at radius 2 is 1.96 bits per heavy atom. The molecule has 0 spiro atoms. The summed E-state index contributed by atoms with van der Waals surface area (Å²) in [5, 5.41) is 15.7. The number of hydrogen-bond donors (Lipinski definition) is 3. The number of carbonyl (C=O) groups excluding carboxylic acids is 1. The summed E-state index contributed by atoms with van der Waals surface area (Å²) in [5.74, 6) is -3.31. The Hall–Kier alpha value is -4.83. The zero-order valence-corrected chi connectivity index (χ0v) is 26.5. The fourth-order valence-corrected chi connectivity index (χ4v) is 8.03. The largest absolute Gasteiger partial charge is 0.476 e. The number of carbonyl (C=O) groups is 1. The Morgan fingerprint density at radius 3 is 2.77 bits per heavy atom. The number of aromatic nitrogens is 2. The van der Waals surface area contributed by atoms with Crippen molar-refractivity contribution in [2.45, 2.75) is 55.0 Å². The average Bonchev–Trinajstić information content (AvgIpc) is 3.47. The number of aromatic amines is 1. The fourth-order valence-electron chi connectivity index (χ4n) is 7.05. The Morgan fingerprint density at radius 1 is 1.12 bits per heavy atom. The van der Waals surface area contributed by atoms with Gasteiger partial charge in [0.25, 0.3) is 27.5 Å². The molecule has 2 atom stereocenters. The van der Waals surface area contributed by atoms with Gasteiger partial charge in [-0.1, -0.05) is 18.6 Å². The van der Waals surface area contributed by atoms with Crippen LogP contribution in [0, 0.1) is 10.1 Å². The Labute approximate surface area is 274 Å². The van der Waals surface area contributed by atoms with Gasteiger partial charge in [0.2, 0.25) is 5.88 Å². The fraction of sp³-hybridized carbons (Fsp3) is 0.375. The molecule has 7 rings (SSSR count). The molecule has 13 nitrogen and oxygen atoms in total. The minimum atomic E-state index is -4.56. The van der Waals surface area contributed by atoms with Gasteiger partial charge in [-0.15, -0.1) is 0 Å². The smallest absolute Gasteiger partial charge is 0.293 e. The van der Waals surface area contributed by atoms with E-state index in [0.29, 0.717) is 55.3 Å². The molecule has 3 aliphatic heterocycles. The molecular formula is C32H33F2N7O6S. The van der Waals surface area contributed by atoms with Gasteiger partial charge in [-0.25, -0.2) is 21.9 Å². The van der Waals surface area contributed by atoms with Crippen LogP contribution in [0.15, 0.2) is 65.7 Å². The minimum Gasteiger partial charge on any atom is -0.476 e. The second-order valence-electron chi connectivity index (χ2n) is 12.2. The van der Waals surface area contributed by atoms with Gasteiger partial charge in [-0.3, -0.25) is 19.8 Å². The number of pyridine rings is 1. The van der Waals surface area contributed by atoms with Gasteiger partial charge in [0.15, 0.2) is 0 Å². The zero-order chi connectivity index (χ0) is 33.6. The molecule has 252 valence electrons. The number of amides is 1. The predicted molar refractivity (Wildman–Crippen MR) is 174 cm³/mol. The minimum absolute atomic E-state index is 0.0407. The molecule has 0 saturated carbocycles. The number of nitro groups is 1. The van der Waals surface area contributed by atoms with Gasteiger partial charge >= 0.3 is 0 Å². The number of para-hydroxylation sites is 1. The first-order valence-corrected chi connectivity index (χ1v) is 17.2. The molecule has 1 amide bonds. The van der Waals surface area contributed by atoms with Crippen molar-refractivity contribution in [1.82, 2.24) is 19.6 Å². The van der Waals surface area contributed by atoms with Crippen LogP contribution in [0.1, 0.15) is 42.5 Å². The standard InChI is InChI=1S/C32H33F2N7O6S/c33-32(34)19-21-5-3-8-28(32)39(21)15-13-35-24-10-9-22(18-26(24)41(43)44)48(45,46)38-30(42)23-6-1-2-7-25(23)40-14-4-16-47-31-27(40)17-20-11-12-36-29(20)37-31/h1-2,6-7,9-12,17-18,21,28,35H,3-5,8,13-16,19H2,(H,36,37)(H,38,42). The topological polar surface area (TPSA) is 163 Å². The van der Waals surface area contributed by atoms with Crippen LogP contribution in [-0.2, 0) is 10.0 Å². The average molecular weight is 682 g/mol. The second-order valence-corrected chi connectivity index (χ2v) is 13.9. The summed E-state index contributed by atoms with van der Waals surface area (Å²) in [5.41, 5.74) is 1.26. The third-order valence-corrected chi connectivity index (χ3v) is 10.6. The lowest BCUT2D eigenvalue weighted by Crippen LogP contribution is -2.45. The van der Waals surface area contributed by atoms with E-state index < -0.39 is 43.4 Å². The number of nitrogens with zero attached hydrogens (tertiary/aromatic N) is 4. The lowest BCUT2D eigenvalue weighted by atomic mass is 10.0. The molecule has 5 heterocycles. The summed E-state index contributed by atoms with van der Waals surface area (Å²) in [7, 11) is -4.56. The normalized spacial score (nSPS) is 20.5. The van der Waals surface area contributed by atoms with E-state index in [4.69, 9.17) is 4.74 Å². The first-order valence-electron chi connectivity index (χ1n) is 15.7. The van der Waals surface area contributed by atoms with E-state index in [1.807, 2.05) is 17.0 Å². The number of nitrogens with one attached hydrogen (secondary N) is 3. The summed E-state index contributed by atoms with van der Waals surface area (Å²) >= 11 is 0. The molecule has 2 fully saturated rings.